The number of hydrogen-bond acceptors (Lipinski definition) is 4. The number of rotatable bonds is 3. The van der Waals surface area contributed by atoms with Gasteiger partial charge in [-0.15, -0.1) is 0 Å². The van der Waals surface area contributed by atoms with Gasteiger partial charge in [0.2, 0.25) is 11.6 Å². The lowest BCUT2D eigenvalue weighted by molar-refractivity contribution is 0.0662. The summed E-state index contributed by atoms with van der Waals surface area (Å²) in [5.74, 6) is -1.43. The maximum absolute atomic E-state index is 11.3. The molecular weight excluding hydrogens is 370 g/mol. The van der Waals surface area contributed by atoms with Crippen LogP contribution in [0.25, 0.3) is 38.8 Å². The van der Waals surface area contributed by atoms with Crippen LogP contribution < -0.4 is 0 Å². The Labute approximate surface area is 164 Å². The summed E-state index contributed by atoms with van der Waals surface area (Å²) >= 11 is 0. The molecular formula is C23H15NO5. The molecule has 2 heterocycles. The molecule has 0 fully saturated rings. The molecule has 0 radical (unpaired) electrons. The van der Waals surface area contributed by atoms with Gasteiger partial charge >= 0.3 is 5.97 Å². The number of phenolic OH excluding ortho intramolecular Hbond substituents is 2. The summed E-state index contributed by atoms with van der Waals surface area (Å²) in [7, 11) is 0. The molecule has 6 heteroatoms. The Balaban J connectivity index is 1.87. The molecule has 0 saturated carbocycles. The number of phenols is 2. The smallest absolute Gasteiger partial charge is 0.371 e. The predicted molar refractivity (Wildman–Crippen MR) is 109 cm³/mol. The van der Waals surface area contributed by atoms with Crippen LogP contribution in [-0.4, -0.2) is 25.9 Å². The molecule has 0 amide bonds. The minimum Gasteiger partial charge on any atom is -0.504 e. The van der Waals surface area contributed by atoms with Gasteiger partial charge in [0.1, 0.15) is 0 Å². The average molecular weight is 385 g/mol. The molecule has 6 nitrogen and oxygen atoms in total. The van der Waals surface area contributed by atoms with E-state index in [1.54, 1.807) is 16.7 Å². The first kappa shape index (κ1) is 16.9. The number of furan rings is 1. The molecule has 0 aliphatic heterocycles. The van der Waals surface area contributed by atoms with Gasteiger partial charge in [-0.05, 0) is 47.2 Å². The topological polar surface area (TPSA) is 95.8 Å². The van der Waals surface area contributed by atoms with Crippen LogP contribution in [0.15, 0.2) is 77.2 Å². The molecule has 0 atom stereocenters. The van der Waals surface area contributed by atoms with E-state index in [0.717, 1.165) is 21.7 Å². The second-order valence-electron chi connectivity index (χ2n) is 6.73. The minimum atomic E-state index is -1.15. The summed E-state index contributed by atoms with van der Waals surface area (Å²) in [5, 5.41) is 32.0. The van der Waals surface area contributed by atoms with Gasteiger partial charge in [-0.2, -0.15) is 0 Å². The third-order valence-corrected chi connectivity index (χ3v) is 5.00. The quantitative estimate of drug-likeness (QED) is 0.373. The number of benzene rings is 3. The number of aromatic carboxylic acids is 1. The van der Waals surface area contributed by atoms with Crippen molar-refractivity contribution in [2.45, 2.75) is 0 Å². The Morgan fingerprint density at radius 1 is 0.828 bits per heavy atom. The molecule has 0 bridgehead atoms. The van der Waals surface area contributed by atoms with E-state index in [4.69, 9.17) is 4.42 Å². The van der Waals surface area contributed by atoms with E-state index in [0.29, 0.717) is 17.1 Å². The van der Waals surface area contributed by atoms with Crippen molar-refractivity contribution >= 4 is 27.6 Å². The maximum Gasteiger partial charge on any atom is 0.371 e. The highest BCUT2D eigenvalue weighted by Crippen LogP contribution is 2.38. The van der Waals surface area contributed by atoms with Crippen molar-refractivity contribution in [2.24, 2.45) is 0 Å². The molecule has 142 valence electrons. The number of aromatic hydroxyl groups is 2. The Bertz CT molecular complexity index is 1410. The molecule has 2 aromatic heterocycles. The third-order valence-electron chi connectivity index (χ3n) is 5.00. The van der Waals surface area contributed by atoms with E-state index >= 15 is 0 Å². The van der Waals surface area contributed by atoms with E-state index in [1.165, 1.54) is 18.2 Å². The van der Waals surface area contributed by atoms with Crippen LogP contribution in [0.2, 0.25) is 0 Å². The lowest BCUT2D eigenvalue weighted by atomic mass is 10.1. The van der Waals surface area contributed by atoms with Crippen molar-refractivity contribution in [1.82, 2.24) is 4.57 Å². The molecule has 5 rings (SSSR count). The van der Waals surface area contributed by atoms with Crippen molar-refractivity contribution in [3.8, 4) is 28.6 Å². The molecule has 3 aromatic carbocycles. The summed E-state index contributed by atoms with van der Waals surface area (Å²) in [6, 6.07) is 21.4. The monoisotopic (exact) mass is 385 g/mol. The van der Waals surface area contributed by atoms with Crippen LogP contribution in [0.4, 0.5) is 0 Å². The zero-order chi connectivity index (χ0) is 20.1. The first-order valence-corrected chi connectivity index (χ1v) is 8.92. The van der Waals surface area contributed by atoms with Crippen molar-refractivity contribution in [3.05, 3.63) is 78.6 Å². The van der Waals surface area contributed by atoms with Crippen molar-refractivity contribution < 1.29 is 24.5 Å². The summed E-state index contributed by atoms with van der Waals surface area (Å²) in [5.41, 5.74) is 2.17. The molecule has 29 heavy (non-hydrogen) atoms. The van der Waals surface area contributed by atoms with Gasteiger partial charge in [-0.1, -0.05) is 30.3 Å². The van der Waals surface area contributed by atoms with Crippen LogP contribution in [0.3, 0.4) is 0 Å². The summed E-state index contributed by atoms with van der Waals surface area (Å²) in [6.45, 7) is 0. The van der Waals surface area contributed by atoms with Gasteiger partial charge in [0.15, 0.2) is 11.5 Å². The fourth-order valence-corrected chi connectivity index (χ4v) is 3.66. The van der Waals surface area contributed by atoms with Crippen molar-refractivity contribution in [2.75, 3.05) is 0 Å². The standard InChI is InChI=1S/C23H15NO5/c25-19-8-6-14(11-20(19)26)18-12-16-15-4-2-1-3-13(15)5-7-17(16)24(18)22-10-9-21(29-22)23(27)28/h1-12,25-26H,(H,27,28). The number of aromatic nitrogens is 1. The second-order valence-corrected chi connectivity index (χ2v) is 6.73. The first-order valence-electron chi connectivity index (χ1n) is 8.92. The Hall–Kier alpha value is -4.19. The SMILES string of the molecule is O=C(O)c1ccc(-n2c(-c3ccc(O)c(O)c3)cc3c4ccccc4ccc32)o1. The fourth-order valence-electron chi connectivity index (χ4n) is 3.66. The van der Waals surface area contributed by atoms with Gasteiger partial charge in [0, 0.05) is 17.0 Å². The van der Waals surface area contributed by atoms with Crippen LogP contribution in [0.5, 0.6) is 11.5 Å². The predicted octanol–water partition coefficient (Wildman–Crippen LogP) is 5.15. The summed E-state index contributed by atoms with van der Waals surface area (Å²) < 4.78 is 7.38. The van der Waals surface area contributed by atoms with Crippen LogP contribution >= 0.6 is 0 Å². The Morgan fingerprint density at radius 3 is 2.41 bits per heavy atom. The van der Waals surface area contributed by atoms with Gasteiger partial charge in [-0.25, -0.2) is 4.79 Å². The highest BCUT2D eigenvalue weighted by Gasteiger charge is 2.19. The van der Waals surface area contributed by atoms with Crippen molar-refractivity contribution in [1.29, 1.82) is 0 Å². The van der Waals surface area contributed by atoms with E-state index < -0.39 is 5.97 Å². The summed E-state index contributed by atoms with van der Waals surface area (Å²) in [6.07, 6.45) is 0. The number of nitrogens with zero attached hydrogens (tertiary/aromatic N) is 1. The minimum absolute atomic E-state index is 0.165. The van der Waals surface area contributed by atoms with E-state index in [1.807, 2.05) is 42.5 Å². The maximum atomic E-state index is 11.3. The molecule has 0 unspecified atom stereocenters. The lowest BCUT2D eigenvalue weighted by Gasteiger charge is -2.09. The van der Waals surface area contributed by atoms with E-state index in [-0.39, 0.29) is 17.3 Å². The van der Waals surface area contributed by atoms with Gasteiger partial charge in [0.05, 0.1) is 11.2 Å². The average Bonchev–Trinajstić information content (AvgIpc) is 3.34. The Kier molecular flexibility index (Phi) is 3.61. The highest BCUT2D eigenvalue weighted by atomic mass is 16.4. The van der Waals surface area contributed by atoms with Gasteiger partial charge in [-0.3, -0.25) is 4.57 Å². The number of fused-ring (bicyclic) bond motifs is 3. The molecule has 0 aliphatic rings. The zero-order valence-electron chi connectivity index (χ0n) is 15.0. The van der Waals surface area contributed by atoms with Crippen LogP contribution in [0, 0.1) is 0 Å². The van der Waals surface area contributed by atoms with Crippen molar-refractivity contribution in [3.63, 3.8) is 0 Å². The van der Waals surface area contributed by atoms with Gasteiger partial charge < -0.3 is 19.7 Å². The van der Waals surface area contributed by atoms with Crippen LogP contribution in [0.1, 0.15) is 10.6 Å². The molecule has 0 spiro atoms. The van der Waals surface area contributed by atoms with E-state index in [2.05, 4.69) is 0 Å². The Morgan fingerprint density at radius 2 is 1.66 bits per heavy atom. The summed E-state index contributed by atoms with van der Waals surface area (Å²) in [4.78, 5) is 11.3. The number of carboxylic acids is 1. The molecule has 5 aromatic rings. The fraction of sp³-hybridized carbons (Fsp3) is 0. The number of carboxylic acid groups (broad SMARTS) is 1. The van der Waals surface area contributed by atoms with Gasteiger partial charge in [0.25, 0.3) is 0 Å². The normalized spacial score (nSPS) is 11.3. The molecule has 0 aliphatic carbocycles. The number of carbonyl (C=O) groups is 1. The largest absolute Gasteiger partial charge is 0.504 e. The third kappa shape index (κ3) is 2.62. The second kappa shape index (κ2) is 6.17. The van der Waals surface area contributed by atoms with E-state index in [9.17, 15) is 20.1 Å². The lowest BCUT2D eigenvalue weighted by Crippen LogP contribution is -1.96. The molecule has 3 N–H and O–H groups in total. The molecule has 0 saturated heterocycles. The number of hydrogen-bond donors (Lipinski definition) is 3. The van der Waals surface area contributed by atoms with Crippen LogP contribution in [-0.2, 0) is 0 Å². The highest BCUT2D eigenvalue weighted by molar-refractivity contribution is 6.09. The first-order chi connectivity index (χ1) is 14.0. The zero-order valence-corrected chi connectivity index (χ0v) is 15.0.